The van der Waals surface area contributed by atoms with Crippen LogP contribution in [0.4, 0.5) is 0 Å². The average molecular weight is 385 g/mol. The summed E-state index contributed by atoms with van der Waals surface area (Å²) in [5.74, 6) is 1.21. The molecule has 3 aromatic rings. The number of rotatable bonds is 6. The molecule has 1 atom stereocenters. The molecule has 1 amide bonds. The van der Waals surface area contributed by atoms with Gasteiger partial charge in [-0.15, -0.1) is 16.4 Å². The number of carbonyl (C=O) groups is 1. The zero-order chi connectivity index (χ0) is 18.6. The molecule has 0 spiro atoms. The van der Waals surface area contributed by atoms with Crippen molar-refractivity contribution in [3.05, 3.63) is 52.2 Å². The summed E-state index contributed by atoms with van der Waals surface area (Å²) >= 11 is 1.60. The summed E-state index contributed by atoms with van der Waals surface area (Å²) in [6, 6.07) is 7.54. The van der Waals surface area contributed by atoms with Crippen LogP contribution in [0.5, 0.6) is 11.5 Å². The van der Waals surface area contributed by atoms with Crippen LogP contribution in [0.15, 0.2) is 36.0 Å². The number of aromatic nitrogens is 4. The molecule has 0 saturated heterocycles. The van der Waals surface area contributed by atoms with E-state index in [2.05, 4.69) is 20.6 Å². The number of nitrogens with zero attached hydrogens (tertiary/aromatic N) is 4. The standard InChI is InChI=1S/C18H19N5O3S/c1-12-17(27-11-20-12)6-7-19-18(24)14-9-23(22-21-14)8-13-10-25-15-4-2-3-5-16(15)26-13/h2-5,9,11,13H,6-8,10H2,1H3,(H,19,24). The highest BCUT2D eigenvalue weighted by Crippen LogP contribution is 2.31. The van der Waals surface area contributed by atoms with Crippen LogP contribution < -0.4 is 14.8 Å². The number of para-hydroxylation sites is 2. The van der Waals surface area contributed by atoms with Gasteiger partial charge in [0.25, 0.3) is 5.91 Å². The minimum Gasteiger partial charge on any atom is -0.486 e. The van der Waals surface area contributed by atoms with Crippen molar-refractivity contribution in [3.8, 4) is 11.5 Å². The van der Waals surface area contributed by atoms with Crippen LogP contribution in [-0.2, 0) is 13.0 Å². The first-order valence-corrected chi connectivity index (χ1v) is 9.53. The average Bonchev–Trinajstić information content (AvgIpc) is 3.31. The van der Waals surface area contributed by atoms with Gasteiger partial charge in [0.2, 0.25) is 0 Å². The number of nitrogens with one attached hydrogen (secondary N) is 1. The van der Waals surface area contributed by atoms with Gasteiger partial charge in [-0.1, -0.05) is 17.3 Å². The highest BCUT2D eigenvalue weighted by atomic mass is 32.1. The summed E-state index contributed by atoms with van der Waals surface area (Å²) in [4.78, 5) is 17.6. The van der Waals surface area contributed by atoms with Crippen molar-refractivity contribution in [1.82, 2.24) is 25.3 Å². The maximum atomic E-state index is 12.2. The fourth-order valence-corrected chi connectivity index (χ4v) is 3.58. The first-order valence-electron chi connectivity index (χ1n) is 8.65. The lowest BCUT2D eigenvalue weighted by molar-refractivity contribution is 0.0754. The smallest absolute Gasteiger partial charge is 0.273 e. The van der Waals surface area contributed by atoms with E-state index in [1.165, 1.54) is 4.88 Å². The molecular formula is C18H19N5O3S. The quantitative estimate of drug-likeness (QED) is 0.696. The first kappa shape index (κ1) is 17.5. The highest BCUT2D eigenvalue weighted by Gasteiger charge is 2.22. The largest absolute Gasteiger partial charge is 0.486 e. The molecule has 8 nitrogen and oxygen atoms in total. The molecule has 4 rings (SSSR count). The second-order valence-corrected chi connectivity index (χ2v) is 7.13. The SMILES string of the molecule is Cc1ncsc1CCNC(=O)c1cn(CC2COc3ccccc3O2)nn1. The molecule has 3 heterocycles. The van der Waals surface area contributed by atoms with Gasteiger partial charge in [0.05, 0.1) is 23.9 Å². The number of aryl methyl sites for hydroxylation is 1. The number of hydrogen-bond donors (Lipinski definition) is 1. The molecule has 140 valence electrons. The van der Waals surface area contributed by atoms with Crippen molar-refractivity contribution < 1.29 is 14.3 Å². The topological polar surface area (TPSA) is 91.2 Å². The number of thiazole rings is 1. The van der Waals surface area contributed by atoms with Crippen molar-refractivity contribution in [1.29, 1.82) is 0 Å². The van der Waals surface area contributed by atoms with Crippen LogP contribution >= 0.6 is 11.3 Å². The highest BCUT2D eigenvalue weighted by molar-refractivity contribution is 7.09. The number of amides is 1. The Bertz CT molecular complexity index is 938. The van der Waals surface area contributed by atoms with E-state index in [0.29, 0.717) is 25.4 Å². The van der Waals surface area contributed by atoms with Gasteiger partial charge in [-0.3, -0.25) is 4.79 Å². The second kappa shape index (κ2) is 7.75. The van der Waals surface area contributed by atoms with E-state index in [1.807, 2.05) is 36.7 Å². The molecular weight excluding hydrogens is 366 g/mol. The minimum atomic E-state index is -0.241. The lowest BCUT2D eigenvalue weighted by Gasteiger charge is -2.26. The van der Waals surface area contributed by atoms with E-state index in [4.69, 9.17) is 9.47 Å². The molecule has 1 unspecified atom stereocenters. The van der Waals surface area contributed by atoms with E-state index in [1.54, 1.807) is 22.2 Å². The van der Waals surface area contributed by atoms with E-state index in [-0.39, 0.29) is 17.7 Å². The van der Waals surface area contributed by atoms with Gasteiger partial charge in [0.15, 0.2) is 23.3 Å². The van der Waals surface area contributed by atoms with E-state index >= 15 is 0 Å². The first-order chi connectivity index (χ1) is 13.2. The fraction of sp³-hybridized carbons (Fsp3) is 0.333. The molecule has 1 aliphatic rings. The van der Waals surface area contributed by atoms with Crippen molar-refractivity contribution in [3.63, 3.8) is 0 Å². The molecule has 1 aromatic carbocycles. The monoisotopic (exact) mass is 385 g/mol. The number of hydrogen-bond acceptors (Lipinski definition) is 7. The number of benzene rings is 1. The van der Waals surface area contributed by atoms with Crippen molar-refractivity contribution in [2.45, 2.75) is 26.0 Å². The lowest BCUT2D eigenvalue weighted by atomic mass is 10.2. The molecule has 1 aliphatic heterocycles. The Hall–Kier alpha value is -2.94. The van der Waals surface area contributed by atoms with Crippen LogP contribution in [0, 0.1) is 6.92 Å². The number of fused-ring (bicyclic) bond motifs is 1. The molecule has 27 heavy (non-hydrogen) atoms. The fourth-order valence-electron chi connectivity index (χ4n) is 2.80. The molecule has 0 bridgehead atoms. The third-order valence-corrected chi connectivity index (χ3v) is 5.21. The number of ether oxygens (including phenoxy) is 2. The second-order valence-electron chi connectivity index (χ2n) is 6.19. The Labute approximate surface area is 160 Å². The van der Waals surface area contributed by atoms with E-state index < -0.39 is 0 Å². The third kappa shape index (κ3) is 4.08. The Kier molecular flexibility index (Phi) is 5.01. The van der Waals surface area contributed by atoms with Gasteiger partial charge in [0.1, 0.15) is 6.61 Å². The van der Waals surface area contributed by atoms with Crippen molar-refractivity contribution in [2.75, 3.05) is 13.2 Å². The summed E-state index contributed by atoms with van der Waals surface area (Å²) in [6.07, 6.45) is 2.19. The maximum Gasteiger partial charge on any atom is 0.273 e. The molecule has 0 aliphatic carbocycles. The van der Waals surface area contributed by atoms with Gasteiger partial charge in [-0.25, -0.2) is 9.67 Å². The van der Waals surface area contributed by atoms with Gasteiger partial charge in [-0.2, -0.15) is 0 Å². The Morgan fingerprint density at radius 3 is 3.04 bits per heavy atom. The Morgan fingerprint density at radius 2 is 2.22 bits per heavy atom. The zero-order valence-corrected chi connectivity index (χ0v) is 15.6. The Balaban J connectivity index is 1.29. The Morgan fingerprint density at radius 1 is 1.37 bits per heavy atom. The van der Waals surface area contributed by atoms with Crippen LogP contribution in [-0.4, -0.2) is 45.1 Å². The van der Waals surface area contributed by atoms with Crippen LogP contribution in [0.25, 0.3) is 0 Å². The molecule has 9 heteroatoms. The van der Waals surface area contributed by atoms with Gasteiger partial charge < -0.3 is 14.8 Å². The summed E-state index contributed by atoms with van der Waals surface area (Å²) in [6.45, 7) is 3.38. The summed E-state index contributed by atoms with van der Waals surface area (Å²) in [7, 11) is 0. The van der Waals surface area contributed by atoms with Crippen molar-refractivity contribution in [2.24, 2.45) is 0 Å². The predicted molar refractivity (Wildman–Crippen MR) is 99.3 cm³/mol. The minimum absolute atomic E-state index is 0.188. The van der Waals surface area contributed by atoms with Gasteiger partial charge >= 0.3 is 0 Å². The normalized spacial score (nSPS) is 15.5. The zero-order valence-electron chi connectivity index (χ0n) is 14.8. The summed E-state index contributed by atoms with van der Waals surface area (Å²) in [5, 5.41) is 10.8. The van der Waals surface area contributed by atoms with Crippen LogP contribution in [0.1, 0.15) is 21.1 Å². The molecule has 2 aromatic heterocycles. The van der Waals surface area contributed by atoms with E-state index in [9.17, 15) is 4.79 Å². The maximum absolute atomic E-state index is 12.2. The van der Waals surface area contributed by atoms with Crippen molar-refractivity contribution >= 4 is 17.2 Å². The third-order valence-electron chi connectivity index (χ3n) is 4.21. The van der Waals surface area contributed by atoms with Gasteiger partial charge in [-0.05, 0) is 19.1 Å². The van der Waals surface area contributed by atoms with Gasteiger partial charge in [0, 0.05) is 17.8 Å². The molecule has 1 N–H and O–H groups in total. The van der Waals surface area contributed by atoms with E-state index in [0.717, 1.165) is 17.9 Å². The summed E-state index contributed by atoms with van der Waals surface area (Å²) in [5.41, 5.74) is 3.11. The summed E-state index contributed by atoms with van der Waals surface area (Å²) < 4.78 is 13.2. The molecule has 0 fully saturated rings. The lowest BCUT2D eigenvalue weighted by Crippen LogP contribution is -2.33. The van der Waals surface area contributed by atoms with Crippen LogP contribution in [0.2, 0.25) is 0 Å². The number of carbonyl (C=O) groups excluding carboxylic acids is 1. The molecule has 0 saturated carbocycles. The predicted octanol–water partition coefficient (Wildman–Crippen LogP) is 1.86. The molecule has 0 radical (unpaired) electrons. The van der Waals surface area contributed by atoms with Crippen LogP contribution in [0.3, 0.4) is 0 Å².